The SMILES string of the molecule is CCCCc1cc(NC(=O)Nc2ccc(Oc3ccnc(Nc4cccc(OC)c4)n3)c3ccccc23)n(-c2ccc(C)cc2)n1. The monoisotopic (exact) mass is 613 g/mol. The van der Waals surface area contributed by atoms with Gasteiger partial charge in [0.25, 0.3) is 0 Å². The lowest BCUT2D eigenvalue weighted by Crippen LogP contribution is -2.21. The van der Waals surface area contributed by atoms with Gasteiger partial charge in [0.15, 0.2) is 0 Å². The molecule has 0 aliphatic carbocycles. The van der Waals surface area contributed by atoms with Gasteiger partial charge >= 0.3 is 6.03 Å². The van der Waals surface area contributed by atoms with Gasteiger partial charge in [0.2, 0.25) is 11.8 Å². The summed E-state index contributed by atoms with van der Waals surface area (Å²) in [6, 6.07) is 30.2. The Bertz CT molecular complexity index is 1970. The van der Waals surface area contributed by atoms with Gasteiger partial charge in [-0.25, -0.2) is 14.5 Å². The van der Waals surface area contributed by atoms with Crippen molar-refractivity contribution in [3.05, 3.63) is 115 Å². The molecule has 0 unspecified atom stereocenters. The Labute approximate surface area is 267 Å². The van der Waals surface area contributed by atoms with E-state index in [-0.39, 0.29) is 6.03 Å². The van der Waals surface area contributed by atoms with E-state index in [9.17, 15) is 4.79 Å². The predicted octanol–water partition coefficient (Wildman–Crippen LogP) is 8.66. The van der Waals surface area contributed by atoms with E-state index < -0.39 is 0 Å². The zero-order chi connectivity index (χ0) is 31.9. The molecule has 10 nitrogen and oxygen atoms in total. The van der Waals surface area contributed by atoms with Crippen LogP contribution < -0.4 is 25.4 Å². The van der Waals surface area contributed by atoms with Gasteiger partial charge in [-0.15, -0.1) is 0 Å². The van der Waals surface area contributed by atoms with Crippen LogP contribution in [0.25, 0.3) is 16.5 Å². The number of carbonyl (C=O) groups is 1. The number of methoxy groups -OCH3 is 1. The number of benzene rings is 4. The van der Waals surface area contributed by atoms with Crippen LogP contribution in [0, 0.1) is 6.92 Å². The molecule has 6 rings (SSSR count). The minimum atomic E-state index is -0.377. The summed E-state index contributed by atoms with van der Waals surface area (Å²) in [7, 11) is 1.62. The number of carbonyl (C=O) groups excluding carboxylic acids is 1. The molecule has 3 N–H and O–H groups in total. The van der Waals surface area contributed by atoms with Gasteiger partial charge in [0.1, 0.15) is 17.3 Å². The molecular formula is C36H35N7O3. The van der Waals surface area contributed by atoms with E-state index in [1.54, 1.807) is 24.1 Å². The Kier molecular flexibility index (Phi) is 9.05. The largest absolute Gasteiger partial charge is 0.497 e. The predicted molar refractivity (Wildman–Crippen MR) is 182 cm³/mol. The van der Waals surface area contributed by atoms with Crippen LogP contribution in [0.2, 0.25) is 0 Å². The van der Waals surface area contributed by atoms with Crippen LogP contribution in [0.4, 0.5) is 27.9 Å². The van der Waals surface area contributed by atoms with E-state index in [2.05, 4.69) is 32.8 Å². The standard InChI is InChI=1S/C36H35N7O3/c1-4-5-9-26-23-33(43(42-26)27-16-14-24(2)15-17-27)40-36(44)39-31-18-19-32(30-13-7-6-12-29(30)31)46-34-20-21-37-35(41-34)38-25-10-8-11-28(22-25)45-3/h6-8,10-23H,4-5,9H2,1-3H3,(H,37,38,41)(H2,39,40,44). The molecule has 0 aliphatic heterocycles. The van der Waals surface area contributed by atoms with Crippen molar-refractivity contribution in [1.82, 2.24) is 19.7 Å². The number of anilines is 4. The Hall–Kier alpha value is -5.90. The molecule has 4 aromatic carbocycles. The van der Waals surface area contributed by atoms with Crippen molar-refractivity contribution >= 4 is 39.9 Å². The average Bonchev–Trinajstić information content (AvgIpc) is 3.47. The van der Waals surface area contributed by atoms with Crippen molar-refractivity contribution in [2.75, 3.05) is 23.1 Å². The Morgan fingerprint density at radius 2 is 1.72 bits per heavy atom. The Morgan fingerprint density at radius 3 is 2.52 bits per heavy atom. The molecule has 0 aliphatic rings. The van der Waals surface area contributed by atoms with Crippen LogP contribution in [-0.4, -0.2) is 32.9 Å². The van der Waals surface area contributed by atoms with Crippen molar-refractivity contribution < 1.29 is 14.3 Å². The normalized spacial score (nSPS) is 10.8. The lowest BCUT2D eigenvalue weighted by atomic mass is 10.1. The molecule has 0 spiro atoms. The number of ether oxygens (including phenoxy) is 2. The maximum Gasteiger partial charge on any atom is 0.324 e. The smallest absolute Gasteiger partial charge is 0.324 e. The third kappa shape index (κ3) is 7.07. The van der Waals surface area contributed by atoms with Crippen LogP contribution in [0.1, 0.15) is 31.0 Å². The minimum absolute atomic E-state index is 0.368. The number of rotatable bonds is 11. The quantitative estimate of drug-likeness (QED) is 0.134. The first-order valence-electron chi connectivity index (χ1n) is 15.2. The van der Waals surface area contributed by atoms with E-state index in [1.165, 1.54) is 0 Å². The molecule has 232 valence electrons. The molecule has 0 radical (unpaired) electrons. The van der Waals surface area contributed by atoms with E-state index in [4.69, 9.17) is 14.6 Å². The lowest BCUT2D eigenvalue weighted by Gasteiger charge is -2.14. The first-order chi connectivity index (χ1) is 22.5. The molecule has 0 saturated heterocycles. The van der Waals surface area contributed by atoms with E-state index in [0.717, 1.165) is 58.4 Å². The second-order valence-corrected chi connectivity index (χ2v) is 10.8. The van der Waals surface area contributed by atoms with Gasteiger partial charge in [0, 0.05) is 40.9 Å². The average molecular weight is 614 g/mol. The van der Waals surface area contributed by atoms with Gasteiger partial charge in [0.05, 0.1) is 24.2 Å². The van der Waals surface area contributed by atoms with Crippen molar-refractivity contribution in [1.29, 1.82) is 0 Å². The molecule has 46 heavy (non-hydrogen) atoms. The highest BCUT2D eigenvalue weighted by atomic mass is 16.5. The lowest BCUT2D eigenvalue weighted by molar-refractivity contribution is 0.262. The van der Waals surface area contributed by atoms with Gasteiger partial charge in [-0.1, -0.05) is 61.4 Å². The second kappa shape index (κ2) is 13.8. The Morgan fingerprint density at radius 1 is 0.891 bits per heavy atom. The molecule has 10 heteroatoms. The summed E-state index contributed by atoms with van der Waals surface area (Å²) in [4.78, 5) is 22.2. The van der Waals surface area contributed by atoms with Gasteiger partial charge in [-0.3, -0.25) is 5.32 Å². The van der Waals surface area contributed by atoms with Gasteiger partial charge in [-0.2, -0.15) is 10.1 Å². The molecular weight excluding hydrogens is 578 g/mol. The molecule has 2 heterocycles. The molecule has 2 amide bonds. The third-order valence-corrected chi connectivity index (χ3v) is 7.37. The minimum Gasteiger partial charge on any atom is -0.497 e. The molecule has 0 saturated carbocycles. The maximum atomic E-state index is 13.4. The van der Waals surface area contributed by atoms with E-state index in [1.807, 2.05) is 97.9 Å². The maximum absolute atomic E-state index is 13.4. The molecule has 6 aromatic rings. The number of nitrogens with zero attached hydrogens (tertiary/aromatic N) is 4. The topological polar surface area (TPSA) is 115 Å². The number of unbranched alkanes of at least 4 members (excludes halogenated alkanes) is 1. The van der Waals surface area contributed by atoms with Gasteiger partial charge < -0.3 is 20.1 Å². The third-order valence-electron chi connectivity index (χ3n) is 7.37. The molecule has 0 bridgehead atoms. The summed E-state index contributed by atoms with van der Waals surface area (Å²) in [5.74, 6) is 2.66. The van der Waals surface area contributed by atoms with Crippen molar-refractivity contribution in [3.8, 4) is 23.1 Å². The number of amides is 2. The van der Waals surface area contributed by atoms with Crippen LogP contribution in [-0.2, 0) is 6.42 Å². The fourth-order valence-electron chi connectivity index (χ4n) is 5.02. The second-order valence-electron chi connectivity index (χ2n) is 10.8. The number of urea groups is 1. The first-order valence-corrected chi connectivity index (χ1v) is 15.2. The van der Waals surface area contributed by atoms with Crippen molar-refractivity contribution in [2.45, 2.75) is 33.1 Å². The summed E-state index contributed by atoms with van der Waals surface area (Å²) in [5.41, 5.74) is 4.38. The molecule has 0 atom stereocenters. The number of nitrogens with one attached hydrogen (secondary N) is 3. The summed E-state index contributed by atoms with van der Waals surface area (Å²) < 4.78 is 13.3. The highest BCUT2D eigenvalue weighted by Gasteiger charge is 2.15. The van der Waals surface area contributed by atoms with Crippen LogP contribution in [0.3, 0.4) is 0 Å². The van der Waals surface area contributed by atoms with Crippen LogP contribution in [0.5, 0.6) is 17.4 Å². The number of hydrogen-bond acceptors (Lipinski definition) is 7. The summed E-state index contributed by atoms with van der Waals surface area (Å²) in [5, 5.41) is 15.6. The van der Waals surface area contributed by atoms with Gasteiger partial charge in [-0.05, 0) is 56.2 Å². The number of aromatic nitrogens is 4. The molecule has 2 aromatic heterocycles. The zero-order valence-corrected chi connectivity index (χ0v) is 25.9. The number of aryl methyl sites for hydroxylation is 2. The summed E-state index contributed by atoms with van der Waals surface area (Å²) in [6.07, 6.45) is 4.54. The summed E-state index contributed by atoms with van der Waals surface area (Å²) >= 11 is 0. The Balaban J connectivity index is 1.21. The number of hydrogen-bond donors (Lipinski definition) is 3. The van der Waals surface area contributed by atoms with Crippen molar-refractivity contribution in [2.24, 2.45) is 0 Å². The summed E-state index contributed by atoms with van der Waals surface area (Å²) in [6.45, 7) is 4.19. The fourth-order valence-corrected chi connectivity index (χ4v) is 5.02. The van der Waals surface area contributed by atoms with Crippen molar-refractivity contribution in [3.63, 3.8) is 0 Å². The zero-order valence-electron chi connectivity index (χ0n) is 25.9. The van der Waals surface area contributed by atoms with E-state index in [0.29, 0.717) is 29.1 Å². The highest BCUT2D eigenvalue weighted by molar-refractivity contribution is 6.07. The molecule has 0 fully saturated rings. The van der Waals surface area contributed by atoms with Crippen LogP contribution in [0.15, 0.2) is 103 Å². The highest BCUT2D eigenvalue weighted by Crippen LogP contribution is 2.34. The first kappa shape index (κ1) is 30.1. The number of fused-ring (bicyclic) bond motifs is 1. The van der Waals surface area contributed by atoms with Crippen LogP contribution >= 0.6 is 0 Å². The fraction of sp³-hybridized carbons (Fsp3) is 0.167. The van der Waals surface area contributed by atoms with E-state index >= 15 is 0 Å².